The minimum Gasteiger partial charge on any atom is -0.341 e. The quantitative estimate of drug-likeness (QED) is 0.506. The van der Waals surface area contributed by atoms with Gasteiger partial charge in [-0.2, -0.15) is 0 Å². The Morgan fingerprint density at radius 1 is 1.09 bits per heavy atom. The van der Waals surface area contributed by atoms with Crippen LogP contribution in [0.15, 0.2) is 46.8 Å². The fourth-order valence-electron chi connectivity index (χ4n) is 4.28. The zero-order valence-electron chi connectivity index (χ0n) is 19.5. The van der Waals surface area contributed by atoms with Gasteiger partial charge in [-0.15, -0.1) is 11.3 Å². The summed E-state index contributed by atoms with van der Waals surface area (Å²) in [6.45, 7) is 4.15. The summed E-state index contributed by atoms with van der Waals surface area (Å²) in [5.41, 5.74) is 1.83. The molecule has 3 amide bonds. The molecule has 4 rings (SSSR count). The first-order chi connectivity index (χ1) is 16.5. The van der Waals surface area contributed by atoms with Crippen LogP contribution in [0.4, 0.5) is 5.69 Å². The predicted octanol–water partition coefficient (Wildman–Crippen LogP) is 3.26. The summed E-state index contributed by atoms with van der Waals surface area (Å²) < 4.78 is 0. The van der Waals surface area contributed by atoms with Crippen LogP contribution in [-0.2, 0) is 9.59 Å². The van der Waals surface area contributed by atoms with E-state index in [2.05, 4.69) is 15.6 Å². The highest BCUT2D eigenvalue weighted by molar-refractivity contribution is 7.12. The number of thiophene rings is 1. The van der Waals surface area contributed by atoms with Gasteiger partial charge in [0.05, 0.1) is 11.4 Å². The number of hydrogen-bond donors (Lipinski definition) is 2. The molecule has 0 aliphatic carbocycles. The fourth-order valence-corrected chi connectivity index (χ4v) is 4.90. The molecule has 2 N–H and O–H groups in total. The number of anilines is 1. The minimum atomic E-state index is -0.662. The third-order valence-electron chi connectivity index (χ3n) is 6.08. The Morgan fingerprint density at radius 2 is 1.88 bits per heavy atom. The molecular formula is C25H31N5O3S. The van der Waals surface area contributed by atoms with E-state index in [1.165, 1.54) is 11.3 Å². The molecule has 0 bridgehead atoms. The lowest BCUT2D eigenvalue weighted by atomic mass is 10.1. The monoisotopic (exact) mass is 481 g/mol. The predicted molar refractivity (Wildman–Crippen MR) is 134 cm³/mol. The Morgan fingerprint density at radius 3 is 2.62 bits per heavy atom. The molecular weight excluding hydrogens is 450 g/mol. The number of nitrogens with zero attached hydrogens (tertiary/aromatic N) is 3. The maximum Gasteiger partial charge on any atom is 0.268 e. The van der Waals surface area contributed by atoms with Crippen LogP contribution in [0.1, 0.15) is 47.3 Å². The molecule has 2 fully saturated rings. The van der Waals surface area contributed by atoms with Gasteiger partial charge in [-0.25, -0.2) is 4.99 Å². The van der Waals surface area contributed by atoms with Crippen LogP contribution in [-0.4, -0.2) is 65.7 Å². The minimum absolute atomic E-state index is 0.000382. The van der Waals surface area contributed by atoms with Gasteiger partial charge >= 0.3 is 0 Å². The molecule has 2 aliphatic heterocycles. The largest absolute Gasteiger partial charge is 0.341 e. The molecule has 1 aromatic carbocycles. The fraction of sp³-hybridized carbons (Fsp3) is 0.440. The molecule has 180 valence electrons. The molecule has 2 saturated heterocycles. The van der Waals surface area contributed by atoms with Crippen LogP contribution in [0.25, 0.3) is 0 Å². The van der Waals surface area contributed by atoms with E-state index < -0.39 is 6.04 Å². The van der Waals surface area contributed by atoms with E-state index in [1.54, 1.807) is 11.0 Å². The maximum atomic E-state index is 13.4. The molecule has 1 aromatic heterocycles. The van der Waals surface area contributed by atoms with Crippen LogP contribution in [0.5, 0.6) is 0 Å². The van der Waals surface area contributed by atoms with Crippen molar-refractivity contribution in [1.29, 1.82) is 0 Å². The average Bonchev–Trinajstić information content (AvgIpc) is 3.52. The second-order valence-corrected chi connectivity index (χ2v) is 9.71. The highest BCUT2D eigenvalue weighted by Crippen LogP contribution is 2.18. The molecule has 9 heteroatoms. The van der Waals surface area contributed by atoms with Crippen molar-refractivity contribution in [1.82, 2.24) is 15.1 Å². The number of rotatable bonds is 5. The molecule has 3 heterocycles. The van der Waals surface area contributed by atoms with Gasteiger partial charge in [-0.1, -0.05) is 18.2 Å². The van der Waals surface area contributed by atoms with Crippen molar-refractivity contribution in [3.8, 4) is 0 Å². The number of aliphatic imine (C=N–C) groups is 1. The van der Waals surface area contributed by atoms with Crippen molar-refractivity contribution < 1.29 is 14.4 Å². The van der Waals surface area contributed by atoms with E-state index >= 15 is 0 Å². The van der Waals surface area contributed by atoms with Gasteiger partial charge in [-0.05, 0) is 68.2 Å². The molecule has 1 atom stereocenters. The van der Waals surface area contributed by atoms with Crippen molar-refractivity contribution in [3.05, 3.63) is 52.2 Å². The zero-order valence-corrected chi connectivity index (χ0v) is 20.3. The number of hydrogen-bond acceptors (Lipinski definition) is 5. The standard InChI is InChI=1S/C25H31N5O3S/c1-18-8-6-9-19(16-18)26-25(28-23(32)21-11-7-15-34-21)27-20-10-2-3-14-30(24(20)33)17-22(31)29-12-4-5-13-29/h6-9,11,15-16,20H,2-5,10,12-14,17H2,1H3,(H2,26,27,28,32)/t20-/m0/s1. The number of nitrogens with one attached hydrogen (secondary N) is 2. The van der Waals surface area contributed by atoms with E-state index in [1.807, 2.05) is 47.5 Å². The van der Waals surface area contributed by atoms with Crippen LogP contribution in [0.2, 0.25) is 0 Å². The molecule has 8 nitrogen and oxygen atoms in total. The average molecular weight is 482 g/mol. The number of likely N-dealkylation sites (tertiary alicyclic amines) is 2. The Labute approximate surface area is 204 Å². The van der Waals surface area contributed by atoms with Crippen LogP contribution < -0.4 is 10.6 Å². The second kappa shape index (κ2) is 11.3. The van der Waals surface area contributed by atoms with Crippen LogP contribution in [0, 0.1) is 6.92 Å². The van der Waals surface area contributed by atoms with Crippen molar-refractivity contribution in [2.45, 2.75) is 45.1 Å². The van der Waals surface area contributed by atoms with Gasteiger partial charge in [0.2, 0.25) is 17.8 Å². The SMILES string of the molecule is Cc1cccc(NC(=N[C@H]2CCCCN(CC(=O)N3CCCC3)C2=O)NC(=O)c2cccs2)c1. The Kier molecular flexibility index (Phi) is 7.95. The van der Waals surface area contributed by atoms with Crippen molar-refractivity contribution in [2.24, 2.45) is 4.99 Å². The van der Waals surface area contributed by atoms with Gasteiger partial charge in [0.15, 0.2) is 0 Å². The normalized spacial score (nSPS) is 19.1. The molecule has 0 radical (unpaired) electrons. The zero-order chi connectivity index (χ0) is 23.9. The number of carbonyl (C=O) groups is 3. The lowest BCUT2D eigenvalue weighted by molar-refractivity contribution is -0.140. The van der Waals surface area contributed by atoms with E-state index in [9.17, 15) is 14.4 Å². The summed E-state index contributed by atoms with van der Waals surface area (Å²) in [4.78, 5) is 47.5. The molecule has 2 aromatic rings. The summed E-state index contributed by atoms with van der Waals surface area (Å²) in [6.07, 6.45) is 4.26. The van der Waals surface area contributed by atoms with Crippen molar-refractivity contribution in [3.63, 3.8) is 0 Å². The van der Waals surface area contributed by atoms with Gasteiger partial charge < -0.3 is 15.1 Å². The number of carbonyl (C=O) groups excluding carboxylic acids is 3. The smallest absolute Gasteiger partial charge is 0.268 e. The number of guanidine groups is 1. The van der Waals surface area contributed by atoms with Crippen LogP contribution in [0.3, 0.4) is 0 Å². The third-order valence-corrected chi connectivity index (χ3v) is 6.95. The van der Waals surface area contributed by atoms with Gasteiger partial charge in [-0.3, -0.25) is 19.7 Å². The lowest BCUT2D eigenvalue weighted by Crippen LogP contribution is -2.45. The first kappa shape index (κ1) is 23.9. The third kappa shape index (κ3) is 6.22. The van der Waals surface area contributed by atoms with E-state index in [0.717, 1.165) is 50.0 Å². The van der Waals surface area contributed by atoms with Crippen LogP contribution >= 0.6 is 11.3 Å². The lowest BCUT2D eigenvalue weighted by Gasteiger charge is -2.25. The first-order valence-corrected chi connectivity index (χ1v) is 12.7. The van der Waals surface area contributed by atoms with E-state index in [4.69, 9.17) is 0 Å². The maximum absolute atomic E-state index is 13.4. The molecule has 34 heavy (non-hydrogen) atoms. The highest BCUT2D eigenvalue weighted by Gasteiger charge is 2.30. The Hall–Kier alpha value is -3.20. The summed E-state index contributed by atoms with van der Waals surface area (Å²) in [5, 5.41) is 7.86. The van der Waals surface area contributed by atoms with Crippen molar-refractivity contribution >= 4 is 40.7 Å². The van der Waals surface area contributed by atoms with E-state index in [0.29, 0.717) is 17.8 Å². The summed E-state index contributed by atoms with van der Waals surface area (Å²) in [7, 11) is 0. The number of amides is 3. The number of benzene rings is 1. The highest BCUT2D eigenvalue weighted by atomic mass is 32.1. The number of aryl methyl sites for hydroxylation is 1. The Balaban J connectivity index is 1.53. The summed E-state index contributed by atoms with van der Waals surface area (Å²) >= 11 is 1.34. The van der Waals surface area contributed by atoms with Gasteiger partial charge in [0.25, 0.3) is 5.91 Å². The summed E-state index contributed by atoms with van der Waals surface area (Å²) in [6, 6.07) is 10.6. The van der Waals surface area contributed by atoms with Gasteiger partial charge in [0.1, 0.15) is 6.04 Å². The Bertz CT molecular complexity index is 1050. The van der Waals surface area contributed by atoms with E-state index in [-0.39, 0.29) is 30.2 Å². The van der Waals surface area contributed by atoms with Gasteiger partial charge in [0, 0.05) is 25.3 Å². The van der Waals surface area contributed by atoms with Crippen molar-refractivity contribution in [2.75, 3.05) is 31.5 Å². The molecule has 2 aliphatic rings. The second-order valence-electron chi connectivity index (χ2n) is 8.76. The summed E-state index contributed by atoms with van der Waals surface area (Å²) in [5.74, 6) is -0.218. The topological polar surface area (TPSA) is 94.1 Å². The first-order valence-electron chi connectivity index (χ1n) is 11.8. The molecule has 0 spiro atoms. The molecule has 0 saturated carbocycles. The molecule has 0 unspecified atom stereocenters.